The number of rotatable bonds is 2. The first-order chi connectivity index (χ1) is 9.45. The fourth-order valence-corrected chi connectivity index (χ4v) is 3.38. The molecule has 7 heteroatoms. The average molecular weight is 306 g/mol. The van der Waals surface area contributed by atoms with Crippen LogP contribution in [0.4, 0.5) is 5.69 Å². The van der Waals surface area contributed by atoms with E-state index in [2.05, 4.69) is 4.98 Å². The van der Waals surface area contributed by atoms with E-state index in [-0.39, 0.29) is 4.90 Å². The molecule has 0 aliphatic rings. The van der Waals surface area contributed by atoms with E-state index >= 15 is 0 Å². The highest BCUT2D eigenvalue weighted by molar-refractivity contribution is 7.85. The fourth-order valence-electron chi connectivity index (χ4n) is 1.87. The molecule has 1 aromatic heterocycles. The van der Waals surface area contributed by atoms with Gasteiger partial charge >= 0.3 is 0 Å². The lowest BCUT2D eigenvalue weighted by molar-refractivity contribution is 0.483. The summed E-state index contributed by atoms with van der Waals surface area (Å²) in [6.45, 7) is 0. The average Bonchev–Trinajstić information content (AvgIpc) is 2.81. The van der Waals surface area contributed by atoms with Crippen LogP contribution in [0.15, 0.2) is 47.4 Å². The topological polar surface area (TPSA) is 93.3 Å². The maximum Gasteiger partial charge on any atom is 0.294 e. The number of fused-ring (bicyclic) bond motifs is 1. The van der Waals surface area contributed by atoms with Gasteiger partial charge < -0.3 is 5.73 Å². The summed E-state index contributed by atoms with van der Waals surface area (Å²) in [5.74, 6) is 0. The molecule has 3 N–H and O–H groups in total. The zero-order chi connectivity index (χ0) is 14.3. The minimum atomic E-state index is -4.26. The molecule has 20 heavy (non-hydrogen) atoms. The summed E-state index contributed by atoms with van der Waals surface area (Å²) < 4.78 is 32.5. The van der Waals surface area contributed by atoms with Crippen LogP contribution in [0.3, 0.4) is 0 Å². The second-order valence-corrected chi connectivity index (χ2v) is 6.66. The van der Waals surface area contributed by atoms with Gasteiger partial charge in [0.15, 0.2) is 0 Å². The number of nitrogens with zero attached hydrogens (tertiary/aromatic N) is 1. The summed E-state index contributed by atoms with van der Waals surface area (Å²) in [4.78, 5) is 4.24. The van der Waals surface area contributed by atoms with Crippen molar-refractivity contribution in [3.8, 4) is 10.6 Å². The van der Waals surface area contributed by atoms with E-state index in [4.69, 9.17) is 10.3 Å². The van der Waals surface area contributed by atoms with Gasteiger partial charge in [-0.25, -0.2) is 4.98 Å². The minimum absolute atomic E-state index is 0.194. The number of hydrogen-bond donors (Lipinski definition) is 2. The van der Waals surface area contributed by atoms with Gasteiger partial charge in [0, 0.05) is 11.3 Å². The largest absolute Gasteiger partial charge is 0.398 e. The second kappa shape index (κ2) is 4.55. The molecule has 0 fully saturated rings. The SMILES string of the molecule is Nc1ccc(S(=O)(=O)O)cc1-c1nc2ccccc2s1. The first-order valence-corrected chi connectivity index (χ1v) is 7.94. The van der Waals surface area contributed by atoms with Gasteiger partial charge in [0.05, 0.1) is 15.1 Å². The molecule has 0 aliphatic carbocycles. The van der Waals surface area contributed by atoms with E-state index in [1.165, 1.54) is 29.5 Å². The first-order valence-electron chi connectivity index (χ1n) is 5.68. The Labute approximate surface area is 119 Å². The van der Waals surface area contributed by atoms with E-state index in [9.17, 15) is 8.42 Å². The summed E-state index contributed by atoms with van der Waals surface area (Å²) in [5, 5.41) is 0.620. The summed E-state index contributed by atoms with van der Waals surface area (Å²) in [7, 11) is -4.26. The predicted molar refractivity (Wildman–Crippen MR) is 79.3 cm³/mol. The van der Waals surface area contributed by atoms with Crippen molar-refractivity contribution in [3.05, 3.63) is 42.5 Å². The molecule has 0 saturated carbocycles. The van der Waals surface area contributed by atoms with Gasteiger partial charge in [-0.15, -0.1) is 11.3 Å². The Morgan fingerprint density at radius 1 is 1.15 bits per heavy atom. The Morgan fingerprint density at radius 2 is 1.90 bits per heavy atom. The van der Waals surface area contributed by atoms with Crippen LogP contribution in [0.2, 0.25) is 0 Å². The van der Waals surface area contributed by atoms with Gasteiger partial charge in [-0.1, -0.05) is 12.1 Å². The van der Waals surface area contributed by atoms with Crippen molar-refractivity contribution in [2.45, 2.75) is 4.90 Å². The van der Waals surface area contributed by atoms with Crippen molar-refractivity contribution >= 4 is 37.4 Å². The second-order valence-electron chi connectivity index (χ2n) is 4.21. The minimum Gasteiger partial charge on any atom is -0.398 e. The Morgan fingerprint density at radius 3 is 2.60 bits per heavy atom. The normalized spacial score (nSPS) is 11.8. The third-order valence-corrected chi connectivity index (χ3v) is 4.77. The molecule has 0 atom stereocenters. The fraction of sp³-hybridized carbons (Fsp3) is 0. The third kappa shape index (κ3) is 2.26. The molecule has 102 valence electrons. The van der Waals surface area contributed by atoms with Crippen LogP contribution in [0.1, 0.15) is 0 Å². The molecule has 0 radical (unpaired) electrons. The van der Waals surface area contributed by atoms with E-state index < -0.39 is 10.1 Å². The zero-order valence-corrected chi connectivity index (χ0v) is 11.8. The number of nitrogens with two attached hydrogens (primary N) is 1. The molecule has 1 heterocycles. The van der Waals surface area contributed by atoms with Crippen molar-refractivity contribution in [2.75, 3.05) is 5.73 Å². The third-order valence-electron chi connectivity index (χ3n) is 2.85. The molecule has 3 aromatic rings. The molecule has 0 spiro atoms. The van der Waals surface area contributed by atoms with Crippen LogP contribution in [0.5, 0.6) is 0 Å². The summed E-state index contributed by atoms with van der Waals surface area (Å²) in [6, 6.07) is 11.6. The lowest BCUT2D eigenvalue weighted by Gasteiger charge is -2.04. The Balaban J connectivity index is 2.23. The zero-order valence-electron chi connectivity index (χ0n) is 10.1. The molecular weight excluding hydrogens is 296 g/mol. The highest BCUT2D eigenvalue weighted by Crippen LogP contribution is 2.34. The smallest absolute Gasteiger partial charge is 0.294 e. The summed E-state index contributed by atoms with van der Waals surface area (Å²) >= 11 is 1.42. The van der Waals surface area contributed by atoms with Crippen molar-refractivity contribution in [1.82, 2.24) is 4.98 Å². The number of hydrogen-bond acceptors (Lipinski definition) is 5. The van der Waals surface area contributed by atoms with Crippen molar-refractivity contribution < 1.29 is 13.0 Å². The highest BCUT2D eigenvalue weighted by atomic mass is 32.2. The van der Waals surface area contributed by atoms with Crippen LogP contribution in [0.25, 0.3) is 20.8 Å². The Kier molecular flexibility index (Phi) is 2.97. The van der Waals surface area contributed by atoms with Crippen LogP contribution in [0, 0.1) is 0 Å². The molecule has 0 amide bonds. The molecule has 0 saturated heterocycles. The molecule has 0 aliphatic heterocycles. The molecule has 5 nitrogen and oxygen atoms in total. The highest BCUT2D eigenvalue weighted by Gasteiger charge is 2.15. The van der Waals surface area contributed by atoms with Crippen molar-refractivity contribution in [3.63, 3.8) is 0 Å². The number of benzene rings is 2. The quantitative estimate of drug-likeness (QED) is 0.561. The monoisotopic (exact) mass is 306 g/mol. The maximum absolute atomic E-state index is 11.2. The lowest BCUT2D eigenvalue weighted by Crippen LogP contribution is -1.99. The number of nitrogen functional groups attached to an aromatic ring is 1. The van der Waals surface area contributed by atoms with Crippen molar-refractivity contribution in [2.24, 2.45) is 0 Å². The van der Waals surface area contributed by atoms with Crippen LogP contribution >= 0.6 is 11.3 Å². The van der Waals surface area contributed by atoms with Crippen LogP contribution < -0.4 is 5.73 Å². The molecule has 3 rings (SSSR count). The molecule has 0 unspecified atom stereocenters. The van der Waals surface area contributed by atoms with Gasteiger partial charge in [-0.2, -0.15) is 8.42 Å². The molecular formula is C13H10N2O3S2. The van der Waals surface area contributed by atoms with Crippen LogP contribution in [-0.4, -0.2) is 18.0 Å². The number of thiazole rings is 1. The first kappa shape index (κ1) is 13.0. The molecule has 2 aromatic carbocycles. The van der Waals surface area contributed by atoms with Gasteiger partial charge in [0.25, 0.3) is 10.1 Å². The van der Waals surface area contributed by atoms with Gasteiger partial charge in [-0.05, 0) is 30.3 Å². The van der Waals surface area contributed by atoms with E-state index in [0.29, 0.717) is 16.3 Å². The van der Waals surface area contributed by atoms with Crippen molar-refractivity contribution in [1.29, 1.82) is 0 Å². The van der Waals surface area contributed by atoms with E-state index in [1.807, 2.05) is 24.3 Å². The standard InChI is InChI=1S/C13H10N2O3S2/c14-10-6-5-8(20(16,17)18)7-9(10)13-15-11-3-1-2-4-12(11)19-13/h1-7H,14H2,(H,16,17,18). The van der Waals surface area contributed by atoms with Crippen LogP contribution in [-0.2, 0) is 10.1 Å². The predicted octanol–water partition coefficient (Wildman–Crippen LogP) is 2.79. The maximum atomic E-state index is 11.2. The van der Waals surface area contributed by atoms with E-state index in [0.717, 1.165) is 10.2 Å². The lowest BCUT2D eigenvalue weighted by atomic mass is 10.2. The summed E-state index contributed by atoms with van der Waals surface area (Å²) in [5.41, 5.74) is 7.61. The molecule has 0 bridgehead atoms. The Bertz CT molecular complexity index is 868. The number of anilines is 1. The van der Waals surface area contributed by atoms with Gasteiger partial charge in [0.2, 0.25) is 0 Å². The van der Waals surface area contributed by atoms with E-state index in [1.54, 1.807) is 0 Å². The Hall–Kier alpha value is -1.96. The van der Waals surface area contributed by atoms with Gasteiger partial charge in [0.1, 0.15) is 5.01 Å². The summed E-state index contributed by atoms with van der Waals surface area (Å²) in [6.07, 6.45) is 0. The van der Waals surface area contributed by atoms with Gasteiger partial charge in [-0.3, -0.25) is 4.55 Å². The number of para-hydroxylation sites is 1. The number of aromatic nitrogens is 1.